The van der Waals surface area contributed by atoms with Gasteiger partial charge < -0.3 is 4.74 Å². The standard InChI is InChI=1S/C4F4I2O3/c5-3(6,9)1(11)13-2(12)4(7,8)10. The van der Waals surface area contributed by atoms with Crippen molar-refractivity contribution in [2.75, 3.05) is 0 Å². The van der Waals surface area contributed by atoms with Crippen molar-refractivity contribution in [2.45, 2.75) is 7.86 Å². The predicted molar refractivity (Wildman–Crippen MR) is 49.0 cm³/mol. The lowest BCUT2D eigenvalue weighted by Crippen LogP contribution is -2.32. The number of carbonyl (C=O) groups is 2. The fourth-order valence-corrected chi connectivity index (χ4v) is 0.420. The van der Waals surface area contributed by atoms with Gasteiger partial charge in [-0.05, 0) is 0 Å². The first kappa shape index (κ1) is 13.3. The molecular formula is C4F4I2O3. The summed E-state index contributed by atoms with van der Waals surface area (Å²) in [5.74, 6) is -4.62. The van der Waals surface area contributed by atoms with E-state index in [1.165, 1.54) is 0 Å². The van der Waals surface area contributed by atoms with Crippen LogP contribution in [0.5, 0.6) is 0 Å². The van der Waals surface area contributed by atoms with Crippen molar-refractivity contribution in [1.82, 2.24) is 0 Å². The highest BCUT2D eigenvalue weighted by Crippen LogP contribution is 2.28. The third kappa shape index (κ3) is 4.93. The molecule has 3 nitrogen and oxygen atoms in total. The van der Waals surface area contributed by atoms with Crippen molar-refractivity contribution in [2.24, 2.45) is 0 Å². The Bertz CT molecular complexity index is 207. The van der Waals surface area contributed by atoms with Crippen molar-refractivity contribution in [1.29, 1.82) is 0 Å². The van der Waals surface area contributed by atoms with Crippen molar-refractivity contribution >= 4 is 57.1 Å². The van der Waals surface area contributed by atoms with Crippen molar-refractivity contribution in [3.63, 3.8) is 0 Å². The normalized spacial score (nSPS) is 12.5. The summed E-state index contributed by atoms with van der Waals surface area (Å²) in [6.45, 7) is 0. The molecule has 0 N–H and O–H groups in total. The molecule has 9 heteroatoms. The number of hydrogen-bond acceptors (Lipinski definition) is 3. The van der Waals surface area contributed by atoms with E-state index in [1.807, 2.05) is 0 Å². The summed E-state index contributed by atoms with van der Waals surface area (Å²) in [6.07, 6.45) is 0. The van der Waals surface area contributed by atoms with E-state index < -0.39 is 19.8 Å². The average Bonchev–Trinajstić information content (AvgIpc) is 1.82. The largest absolute Gasteiger partial charge is 0.395 e. The lowest BCUT2D eigenvalue weighted by Gasteiger charge is -2.09. The van der Waals surface area contributed by atoms with Crippen LogP contribution in [0.3, 0.4) is 0 Å². The van der Waals surface area contributed by atoms with Crippen LogP contribution in [0.15, 0.2) is 0 Å². The Balaban J connectivity index is 4.34. The zero-order chi connectivity index (χ0) is 10.9. The molecule has 0 spiro atoms. The quantitative estimate of drug-likeness (QED) is 0.224. The van der Waals surface area contributed by atoms with E-state index in [0.29, 0.717) is 45.2 Å². The van der Waals surface area contributed by atoms with Gasteiger partial charge in [-0.15, -0.1) is 0 Å². The Morgan fingerprint density at radius 1 is 0.923 bits per heavy atom. The molecule has 0 aliphatic heterocycles. The van der Waals surface area contributed by atoms with Gasteiger partial charge >= 0.3 is 19.8 Å². The topological polar surface area (TPSA) is 43.4 Å². The number of rotatable bonds is 2. The lowest BCUT2D eigenvalue weighted by atomic mass is 10.6. The first-order valence-corrected chi connectivity index (χ1v) is 4.61. The summed E-state index contributed by atoms with van der Waals surface area (Å²) in [4.78, 5) is 20.4. The van der Waals surface area contributed by atoms with Gasteiger partial charge in [-0.25, -0.2) is 9.59 Å². The molecule has 0 unspecified atom stereocenters. The van der Waals surface area contributed by atoms with Crippen LogP contribution in [0.2, 0.25) is 0 Å². The molecule has 0 aromatic rings. The van der Waals surface area contributed by atoms with E-state index >= 15 is 0 Å². The second kappa shape index (κ2) is 4.23. The minimum absolute atomic E-state index is 0.357. The molecule has 0 bridgehead atoms. The molecule has 0 aliphatic carbocycles. The second-order valence-electron chi connectivity index (χ2n) is 1.67. The van der Waals surface area contributed by atoms with Gasteiger partial charge in [0.15, 0.2) is 0 Å². The van der Waals surface area contributed by atoms with E-state index in [1.54, 1.807) is 0 Å². The van der Waals surface area contributed by atoms with Crippen LogP contribution < -0.4 is 0 Å². The van der Waals surface area contributed by atoms with E-state index in [-0.39, 0.29) is 0 Å². The molecule has 0 amide bonds. The van der Waals surface area contributed by atoms with Crippen LogP contribution in [-0.2, 0) is 14.3 Å². The van der Waals surface area contributed by atoms with E-state index in [0.717, 1.165) is 0 Å². The number of halogens is 6. The highest BCUT2D eigenvalue weighted by Gasteiger charge is 2.45. The summed E-state index contributed by atoms with van der Waals surface area (Å²) in [7, 11) is 0. The fraction of sp³-hybridized carbons (Fsp3) is 0.500. The molecule has 13 heavy (non-hydrogen) atoms. The molecule has 76 valence electrons. The van der Waals surface area contributed by atoms with Gasteiger partial charge in [0.2, 0.25) is 0 Å². The zero-order valence-electron chi connectivity index (χ0n) is 5.49. The van der Waals surface area contributed by atoms with E-state index in [9.17, 15) is 27.2 Å². The maximum absolute atomic E-state index is 12.0. The first-order valence-electron chi connectivity index (χ1n) is 2.45. The van der Waals surface area contributed by atoms with E-state index in [4.69, 9.17) is 0 Å². The van der Waals surface area contributed by atoms with Crippen molar-refractivity contribution in [3.8, 4) is 0 Å². The van der Waals surface area contributed by atoms with Crippen LogP contribution in [0.1, 0.15) is 0 Å². The monoisotopic (exact) mass is 426 g/mol. The molecule has 0 atom stereocenters. The highest BCUT2D eigenvalue weighted by atomic mass is 127. The summed E-state index contributed by atoms with van der Waals surface area (Å²) in [5, 5.41) is 0. The molecule has 0 saturated heterocycles. The van der Waals surface area contributed by atoms with Crippen LogP contribution in [-0.4, -0.2) is 19.8 Å². The molecule has 0 aliphatic rings. The molecule has 0 rings (SSSR count). The average molecular weight is 426 g/mol. The lowest BCUT2D eigenvalue weighted by molar-refractivity contribution is -0.176. The first-order chi connectivity index (χ1) is 5.55. The van der Waals surface area contributed by atoms with Gasteiger partial charge in [0, 0.05) is 45.2 Å². The van der Waals surface area contributed by atoms with E-state index in [2.05, 4.69) is 4.74 Å². The van der Waals surface area contributed by atoms with Crippen molar-refractivity contribution in [3.05, 3.63) is 0 Å². The summed E-state index contributed by atoms with van der Waals surface area (Å²) < 4.78 is 43.1. The second-order valence-corrected chi connectivity index (χ2v) is 4.38. The van der Waals surface area contributed by atoms with Gasteiger partial charge in [-0.3, -0.25) is 0 Å². The number of ether oxygens (including phenoxy) is 1. The van der Waals surface area contributed by atoms with Crippen LogP contribution in [0.4, 0.5) is 17.6 Å². The number of hydrogen-bond donors (Lipinski definition) is 0. The Morgan fingerprint density at radius 2 is 1.15 bits per heavy atom. The molecule has 0 heterocycles. The summed E-state index contributed by atoms with van der Waals surface area (Å²) in [6, 6.07) is 0. The number of carbonyl (C=O) groups excluding carboxylic acids is 2. The van der Waals surface area contributed by atoms with Crippen LogP contribution in [0.25, 0.3) is 0 Å². The smallest absolute Gasteiger partial charge is 0.383 e. The maximum atomic E-state index is 12.0. The summed E-state index contributed by atoms with van der Waals surface area (Å²) in [5.41, 5.74) is 0. The Morgan fingerprint density at radius 3 is 1.31 bits per heavy atom. The Hall–Kier alpha value is 0.320. The van der Waals surface area contributed by atoms with Crippen LogP contribution >= 0.6 is 45.2 Å². The van der Waals surface area contributed by atoms with Gasteiger partial charge in [-0.2, -0.15) is 17.6 Å². The molecule has 0 fully saturated rings. The maximum Gasteiger partial charge on any atom is 0.395 e. The highest BCUT2D eigenvalue weighted by molar-refractivity contribution is 14.1. The minimum Gasteiger partial charge on any atom is -0.383 e. The Labute approximate surface area is 96.5 Å². The van der Waals surface area contributed by atoms with Crippen LogP contribution in [0, 0.1) is 0 Å². The Kier molecular flexibility index (Phi) is 4.33. The van der Waals surface area contributed by atoms with Gasteiger partial charge in [0.25, 0.3) is 0 Å². The summed E-state index contributed by atoms with van der Waals surface area (Å²) >= 11 is 0.713. The third-order valence-corrected chi connectivity index (χ3v) is 1.53. The molecule has 0 saturated carbocycles. The van der Waals surface area contributed by atoms with Gasteiger partial charge in [0.05, 0.1) is 0 Å². The number of alkyl halides is 6. The molecule has 0 radical (unpaired) electrons. The molecule has 0 aromatic heterocycles. The molecular weight excluding hydrogens is 426 g/mol. The van der Waals surface area contributed by atoms with Gasteiger partial charge in [-0.1, -0.05) is 0 Å². The fourth-order valence-electron chi connectivity index (χ4n) is 0.200. The van der Waals surface area contributed by atoms with Gasteiger partial charge in [0.1, 0.15) is 0 Å². The number of esters is 2. The predicted octanol–water partition coefficient (Wildman–Crippen LogP) is 2.11. The minimum atomic E-state index is -3.99. The zero-order valence-corrected chi connectivity index (χ0v) is 9.81. The third-order valence-electron chi connectivity index (χ3n) is 0.648. The molecule has 0 aromatic carbocycles. The SMILES string of the molecule is O=C(OC(=O)C(F)(F)I)C(F)(F)I. The van der Waals surface area contributed by atoms with Crippen molar-refractivity contribution < 1.29 is 31.9 Å².